The second-order valence-electron chi connectivity index (χ2n) is 4.44. The molecule has 0 aliphatic carbocycles. The van der Waals surface area contributed by atoms with Gasteiger partial charge in [-0.25, -0.2) is 0 Å². The lowest BCUT2D eigenvalue weighted by Crippen LogP contribution is -2.30. The van der Waals surface area contributed by atoms with Crippen molar-refractivity contribution in [1.29, 1.82) is 0 Å². The van der Waals surface area contributed by atoms with Crippen molar-refractivity contribution in [2.75, 3.05) is 18.8 Å². The molecule has 7 heteroatoms. The minimum absolute atomic E-state index is 0.0777. The van der Waals surface area contributed by atoms with E-state index in [1.165, 1.54) is 11.3 Å². The summed E-state index contributed by atoms with van der Waals surface area (Å²) < 4.78 is 1.88. The molecule has 0 fully saturated rings. The van der Waals surface area contributed by atoms with Crippen molar-refractivity contribution in [3.8, 4) is 0 Å². The van der Waals surface area contributed by atoms with Crippen LogP contribution in [-0.2, 0) is 4.79 Å². The molecule has 0 saturated heterocycles. The smallest absolute Gasteiger partial charge is 0.263 e. The highest BCUT2D eigenvalue weighted by Gasteiger charge is 2.16. The number of amides is 2. The number of nitrogens with two attached hydrogens (primary N) is 1. The Morgan fingerprint density at radius 2 is 2.10 bits per heavy atom. The van der Waals surface area contributed by atoms with Gasteiger partial charge in [-0.2, -0.15) is 0 Å². The highest BCUT2D eigenvalue weighted by Crippen LogP contribution is 2.35. The van der Waals surface area contributed by atoms with Gasteiger partial charge in [0.15, 0.2) is 0 Å². The molecule has 1 aromatic carbocycles. The third-order valence-electron chi connectivity index (χ3n) is 2.91. The highest BCUT2D eigenvalue weighted by atomic mass is 79.9. The van der Waals surface area contributed by atoms with Crippen LogP contribution in [0, 0.1) is 0 Å². The number of rotatable bonds is 5. The Morgan fingerprint density at radius 3 is 2.81 bits per heavy atom. The number of carbonyl (C=O) groups is 2. The van der Waals surface area contributed by atoms with Crippen molar-refractivity contribution in [2.45, 2.75) is 13.3 Å². The van der Waals surface area contributed by atoms with Gasteiger partial charge in [-0.05, 0) is 25.1 Å². The summed E-state index contributed by atoms with van der Waals surface area (Å²) in [6, 6.07) is 5.73. The molecule has 0 aliphatic heterocycles. The Labute approximate surface area is 135 Å². The number of anilines is 1. The van der Waals surface area contributed by atoms with Crippen LogP contribution in [0.2, 0.25) is 0 Å². The number of fused-ring (bicyclic) bond motifs is 1. The number of nitrogen functional groups attached to an aromatic ring is 1. The Balaban J connectivity index is 2.06. The number of hydrogen-bond donors (Lipinski definition) is 3. The molecule has 0 aliphatic rings. The van der Waals surface area contributed by atoms with Gasteiger partial charge in [-0.3, -0.25) is 9.59 Å². The van der Waals surface area contributed by atoms with E-state index >= 15 is 0 Å². The lowest BCUT2D eigenvalue weighted by atomic mass is 10.2. The lowest BCUT2D eigenvalue weighted by molar-refractivity contribution is -0.120. The number of carbonyl (C=O) groups excluding carboxylic acids is 2. The molecule has 0 atom stereocenters. The largest absolute Gasteiger partial charge is 0.397 e. The maximum atomic E-state index is 12.1. The molecule has 112 valence electrons. The molecular weight excluding hydrogens is 354 g/mol. The predicted octanol–water partition coefficient (Wildman–Crippen LogP) is 2.50. The topological polar surface area (TPSA) is 84.2 Å². The van der Waals surface area contributed by atoms with Crippen molar-refractivity contribution in [1.82, 2.24) is 10.6 Å². The third-order valence-corrected chi connectivity index (χ3v) is 4.58. The van der Waals surface area contributed by atoms with E-state index in [0.717, 1.165) is 14.6 Å². The summed E-state index contributed by atoms with van der Waals surface area (Å²) in [6.45, 7) is 2.74. The standard InChI is InChI=1S/C14H16BrN3O2S/c1-2-17-11(19)5-6-18-14(20)13-12(16)9-7-8(15)3-4-10(9)21-13/h3-4,7H,2,5-6,16H2,1H3,(H,17,19)(H,18,20). The van der Waals surface area contributed by atoms with Crippen LogP contribution in [0.25, 0.3) is 10.1 Å². The second kappa shape index (κ2) is 6.91. The molecule has 1 aromatic heterocycles. The number of hydrogen-bond acceptors (Lipinski definition) is 4. The molecule has 1 heterocycles. The van der Waals surface area contributed by atoms with E-state index in [-0.39, 0.29) is 18.2 Å². The average molecular weight is 370 g/mol. The number of halogens is 1. The maximum absolute atomic E-state index is 12.1. The van der Waals surface area contributed by atoms with Crippen LogP contribution < -0.4 is 16.4 Å². The van der Waals surface area contributed by atoms with Crippen LogP contribution >= 0.6 is 27.3 Å². The van der Waals surface area contributed by atoms with Crippen molar-refractivity contribution in [3.63, 3.8) is 0 Å². The fraction of sp³-hybridized carbons (Fsp3) is 0.286. The van der Waals surface area contributed by atoms with E-state index in [1.54, 1.807) is 0 Å². The number of thiophene rings is 1. The lowest BCUT2D eigenvalue weighted by Gasteiger charge is -2.04. The Hall–Kier alpha value is -1.60. The van der Waals surface area contributed by atoms with Gasteiger partial charge in [0.2, 0.25) is 5.91 Å². The van der Waals surface area contributed by atoms with Gasteiger partial charge < -0.3 is 16.4 Å². The van der Waals surface area contributed by atoms with Crippen LogP contribution in [-0.4, -0.2) is 24.9 Å². The van der Waals surface area contributed by atoms with E-state index in [4.69, 9.17) is 5.73 Å². The third kappa shape index (κ3) is 3.74. The first-order valence-electron chi connectivity index (χ1n) is 6.55. The molecule has 5 nitrogen and oxygen atoms in total. The first-order chi connectivity index (χ1) is 10.0. The van der Waals surface area contributed by atoms with Gasteiger partial charge in [-0.15, -0.1) is 11.3 Å². The fourth-order valence-electron chi connectivity index (χ4n) is 1.91. The van der Waals surface area contributed by atoms with E-state index in [9.17, 15) is 9.59 Å². The summed E-state index contributed by atoms with van der Waals surface area (Å²) in [5.74, 6) is -0.319. The van der Waals surface area contributed by atoms with Crippen LogP contribution in [0.3, 0.4) is 0 Å². The molecule has 2 amide bonds. The molecule has 0 radical (unpaired) electrons. The monoisotopic (exact) mass is 369 g/mol. The van der Waals surface area contributed by atoms with Gasteiger partial charge in [0.1, 0.15) is 4.88 Å². The minimum atomic E-state index is -0.242. The van der Waals surface area contributed by atoms with Crippen molar-refractivity contribution < 1.29 is 9.59 Å². The first kappa shape index (κ1) is 15.8. The summed E-state index contributed by atoms with van der Waals surface area (Å²) >= 11 is 4.74. The Morgan fingerprint density at radius 1 is 1.33 bits per heavy atom. The summed E-state index contributed by atoms with van der Waals surface area (Å²) in [6.07, 6.45) is 0.260. The van der Waals surface area contributed by atoms with Crippen molar-refractivity contribution in [3.05, 3.63) is 27.5 Å². The van der Waals surface area contributed by atoms with Gasteiger partial charge in [-0.1, -0.05) is 15.9 Å². The fourth-order valence-corrected chi connectivity index (χ4v) is 3.29. The van der Waals surface area contributed by atoms with Crippen LogP contribution in [0.15, 0.2) is 22.7 Å². The first-order valence-corrected chi connectivity index (χ1v) is 8.16. The van der Waals surface area contributed by atoms with E-state index in [1.807, 2.05) is 25.1 Å². The molecule has 4 N–H and O–H groups in total. The van der Waals surface area contributed by atoms with Gasteiger partial charge in [0.25, 0.3) is 5.91 Å². The second-order valence-corrected chi connectivity index (χ2v) is 6.41. The average Bonchev–Trinajstić information content (AvgIpc) is 2.76. The predicted molar refractivity (Wildman–Crippen MR) is 89.6 cm³/mol. The quantitative estimate of drug-likeness (QED) is 0.756. The minimum Gasteiger partial charge on any atom is -0.397 e. The van der Waals surface area contributed by atoms with Crippen LogP contribution in [0.1, 0.15) is 23.0 Å². The summed E-state index contributed by atoms with van der Waals surface area (Å²) in [5.41, 5.74) is 6.52. The van der Waals surface area contributed by atoms with Gasteiger partial charge in [0, 0.05) is 34.1 Å². The Bertz CT molecular complexity index is 684. The van der Waals surface area contributed by atoms with Gasteiger partial charge >= 0.3 is 0 Å². The summed E-state index contributed by atoms with van der Waals surface area (Å²) in [7, 11) is 0. The molecule has 2 aromatic rings. The maximum Gasteiger partial charge on any atom is 0.263 e. The molecular formula is C14H16BrN3O2S. The SMILES string of the molecule is CCNC(=O)CCNC(=O)c1sc2ccc(Br)cc2c1N. The van der Waals surface area contributed by atoms with E-state index in [2.05, 4.69) is 26.6 Å². The zero-order chi connectivity index (χ0) is 15.4. The molecule has 0 spiro atoms. The zero-order valence-electron chi connectivity index (χ0n) is 11.5. The highest BCUT2D eigenvalue weighted by molar-refractivity contribution is 9.10. The number of benzene rings is 1. The van der Waals surface area contributed by atoms with Crippen molar-refractivity contribution in [2.24, 2.45) is 0 Å². The molecule has 2 rings (SSSR count). The normalized spacial score (nSPS) is 10.6. The van der Waals surface area contributed by atoms with Crippen LogP contribution in [0.5, 0.6) is 0 Å². The molecule has 21 heavy (non-hydrogen) atoms. The van der Waals surface area contributed by atoms with E-state index in [0.29, 0.717) is 23.7 Å². The Kier molecular flexibility index (Phi) is 5.19. The summed E-state index contributed by atoms with van der Waals surface area (Å²) in [5, 5.41) is 6.27. The summed E-state index contributed by atoms with van der Waals surface area (Å²) in [4.78, 5) is 23.9. The van der Waals surface area contributed by atoms with Gasteiger partial charge in [0.05, 0.1) is 5.69 Å². The molecule has 0 unspecified atom stereocenters. The van der Waals surface area contributed by atoms with Crippen molar-refractivity contribution >= 4 is 54.9 Å². The van der Waals surface area contributed by atoms with E-state index < -0.39 is 0 Å². The molecule has 0 saturated carbocycles. The van der Waals surface area contributed by atoms with Crippen LogP contribution in [0.4, 0.5) is 5.69 Å². The zero-order valence-corrected chi connectivity index (χ0v) is 13.9. The molecule has 0 bridgehead atoms. The number of nitrogens with one attached hydrogen (secondary N) is 2.